The Kier molecular flexibility index (Phi) is 7.96. The molecular formula is C44H52N4O7. The van der Waals surface area contributed by atoms with Crippen molar-refractivity contribution in [2.45, 2.75) is 81.7 Å². The Morgan fingerprint density at radius 1 is 1.04 bits per heavy atom. The second kappa shape index (κ2) is 12.4. The van der Waals surface area contributed by atoms with Gasteiger partial charge in [-0.05, 0) is 69.3 Å². The lowest BCUT2D eigenvalue weighted by atomic mass is 9.55. The minimum Gasteiger partial charge on any atom is -0.496 e. The number of fused-ring (bicyclic) bond motifs is 11. The number of aliphatic hydroxyl groups is 1. The van der Waals surface area contributed by atoms with E-state index in [2.05, 4.69) is 63.1 Å². The molecule has 2 aliphatic carbocycles. The fourth-order valence-electron chi connectivity index (χ4n) is 13.1. The number of allylic oxidation sites excluding steroid dienone is 1. The Morgan fingerprint density at radius 3 is 2.56 bits per heavy atom. The molecule has 3 N–H and O–H groups in total. The Hall–Kier alpha value is -4.16. The third kappa shape index (κ3) is 4.36. The Bertz CT molecular complexity index is 2280. The molecule has 11 nitrogen and oxygen atoms in total. The fourth-order valence-corrected chi connectivity index (χ4v) is 13.1. The lowest BCUT2D eigenvalue weighted by Crippen LogP contribution is -2.69. The van der Waals surface area contributed by atoms with Crippen molar-refractivity contribution in [3.05, 3.63) is 76.1 Å². The van der Waals surface area contributed by atoms with E-state index < -0.39 is 16.8 Å². The lowest BCUT2D eigenvalue weighted by Gasteiger charge is -2.59. The molecule has 55 heavy (non-hydrogen) atoms. The molecule has 7 heterocycles. The van der Waals surface area contributed by atoms with Gasteiger partial charge in [-0.25, -0.2) is 0 Å². The van der Waals surface area contributed by atoms with Gasteiger partial charge in [-0.1, -0.05) is 43.2 Å². The average molecular weight is 749 g/mol. The average Bonchev–Trinajstić information content (AvgIpc) is 3.91. The zero-order valence-electron chi connectivity index (χ0n) is 32.6. The number of rotatable bonds is 6. The van der Waals surface area contributed by atoms with Crippen molar-refractivity contribution < 1.29 is 33.6 Å². The maximum absolute atomic E-state index is 14.5. The Balaban J connectivity index is 1.28. The second-order valence-electron chi connectivity index (χ2n) is 17.1. The van der Waals surface area contributed by atoms with Crippen LogP contribution in [0.1, 0.15) is 79.6 Å². The molecule has 11 heteroatoms. The number of piperidine rings is 3. The van der Waals surface area contributed by atoms with Gasteiger partial charge in [0.1, 0.15) is 22.8 Å². The number of methoxy groups -OCH3 is 3. The van der Waals surface area contributed by atoms with Crippen LogP contribution >= 0.6 is 0 Å². The van der Waals surface area contributed by atoms with Crippen molar-refractivity contribution in [3.8, 4) is 5.75 Å². The van der Waals surface area contributed by atoms with Crippen molar-refractivity contribution >= 4 is 33.7 Å². The number of hydrogen-bond acceptors (Lipinski definition) is 9. The molecule has 4 saturated heterocycles. The van der Waals surface area contributed by atoms with Gasteiger partial charge in [-0.2, -0.15) is 0 Å². The van der Waals surface area contributed by atoms with Gasteiger partial charge in [0.25, 0.3) is 0 Å². The van der Waals surface area contributed by atoms with Crippen molar-refractivity contribution in [1.82, 2.24) is 19.8 Å². The first-order chi connectivity index (χ1) is 26.7. The van der Waals surface area contributed by atoms with Crippen LogP contribution in [0.25, 0.3) is 21.8 Å². The summed E-state index contributed by atoms with van der Waals surface area (Å²) >= 11 is 0. The molecule has 7 bridgehead atoms. The van der Waals surface area contributed by atoms with Crippen LogP contribution in [0.3, 0.4) is 0 Å². The van der Waals surface area contributed by atoms with E-state index in [1.807, 2.05) is 20.0 Å². The second-order valence-corrected chi connectivity index (χ2v) is 17.1. The molecule has 1 unspecified atom stereocenters. The first-order valence-corrected chi connectivity index (χ1v) is 20.1. The number of carbonyl (C=O) groups excluding carboxylic acids is 2. The summed E-state index contributed by atoms with van der Waals surface area (Å²) in [5, 5.41) is 13.7. The van der Waals surface area contributed by atoms with Crippen molar-refractivity contribution in [2.24, 2.45) is 23.2 Å². The molecular weight excluding hydrogens is 697 g/mol. The van der Waals surface area contributed by atoms with E-state index >= 15 is 0 Å². The van der Waals surface area contributed by atoms with Crippen LogP contribution in [0.4, 0.5) is 0 Å². The number of aliphatic hydroxyl groups excluding tert-OH is 1. The number of likely N-dealkylation sites (N-methyl/N-ethyl adjacent to an activating group) is 1. The quantitative estimate of drug-likeness (QED) is 0.168. The normalized spacial score (nSPS) is 36.7. The number of benzene rings is 2. The molecule has 2 aromatic heterocycles. The van der Waals surface area contributed by atoms with Gasteiger partial charge >= 0.3 is 11.9 Å². The molecule has 4 aromatic rings. The van der Waals surface area contributed by atoms with E-state index in [0.29, 0.717) is 31.7 Å². The fraction of sp³-hybridized carbons (Fsp3) is 0.545. The number of ether oxygens (including phenoxy) is 4. The molecule has 0 spiro atoms. The van der Waals surface area contributed by atoms with Gasteiger partial charge in [-0.15, -0.1) is 0 Å². The summed E-state index contributed by atoms with van der Waals surface area (Å²) in [6.45, 7) is 5.32. The van der Waals surface area contributed by atoms with E-state index in [-0.39, 0.29) is 54.7 Å². The van der Waals surface area contributed by atoms with Gasteiger partial charge in [0.05, 0.1) is 39.6 Å². The Labute approximate surface area is 321 Å². The number of para-hydroxylation sites is 1. The summed E-state index contributed by atoms with van der Waals surface area (Å²) in [6.07, 6.45) is 5.66. The third-order valence-electron chi connectivity index (χ3n) is 15.2. The van der Waals surface area contributed by atoms with Gasteiger partial charge < -0.3 is 34.0 Å². The SMILES string of the molecule is C/C=C1/CN(C)[C@H]2Cc3c([nH]c4ccccc34)[C@H](c3c(OC)ccc4c5c([nH]c34)[C@]3(C(=O)OC)C[C@H]4C[C@H](CC)[C@@H]3N3C[C@@H]5O[C@H]43)C[C@H]1[C@]2(CO)C(=O)OC. The summed E-state index contributed by atoms with van der Waals surface area (Å²) in [5.41, 5.74) is 6.08. The van der Waals surface area contributed by atoms with Crippen LogP contribution in [0.15, 0.2) is 48.0 Å². The monoisotopic (exact) mass is 748 g/mol. The van der Waals surface area contributed by atoms with Crippen LogP contribution in [-0.2, 0) is 35.6 Å². The minimum absolute atomic E-state index is 0.00697. The number of aromatic amines is 2. The van der Waals surface area contributed by atoms with E-state index in [0.717, 1.165) is 80.6 Å². The van der Waals surface area contributed by atoms with Gasteiger partial charge in [0, 0.05) is 81.7 Å². The maximum atomic E-state index is 14.5. The number of carbonyl (C=O) groups is 2. The van der Waals surface area contributed by atoms with E-state index in [9.17, 15) is 14.7 Å². The summed E-state index contributed by atoms with van der Waals surface area (Å²) < 4.78 is 24.7. The summed E-state index contributed by atoms with van der Waals surface area (Å²) in [5.74, 6) is 0.0774. The topological polar surface area (TPSA) is 129 Å². The summed E-state index contributed by atoms with van der Waals surface area (Å²) in [7, 11) is 6.72. The number of H-pyrrole nitrogens is 2. The third-order valence-corrected chi connectivity index (χ3v) is 15.2. The maximum Gasteiger partial charge on any atom is 0.319 e. The van der Waals surface area contributed by atoms with Gasteiger partial charge in [-0.3, -0.25) is 19.4 Å². The summed E-state index contributed by atoms with van der Waals surface area (Å²) in [4.78, 5) is 41.4. The number of nitrogens with zero attached hydrogens (tertiary/aromatic N) is 2. The molecule has 11 atom stereocenters. The highest BCUT2D eigenvalue weighted by molar-refractivity contribution is 5.96. The number of nitrogens with one attached hydrogen (secondary N) is 2. The van der Waals surface area contributed by atoms with Crippen molar-refractivity contribution in [3.63, 3.8) is 0 Å². The highest BCUT2D eigenvalue weighted by Gasteiger charge is 2.69. The number of likely N-dealkylation sites (tertiary alicyclic amines) is 1. The van der Waals surface area contributed by atoms with E-state index in [1.165, 1.54) is 14.2 Å². The van der Waals surface area contributed by atoms with Crippen LogP contribution < -0.4 is 4.74 Å². The standard InChI is InChI=1S/C44H52N4O7/c1-7-22-15-24-18-43(41(50)53-5)38-35(32-20-48(39(22)43)40(24)55-32)26-13-14-31(52-4)34(37(26)46-38)28-16-29-23(8-2)19-47(3)33(44(29,21-49)42(51)54-6)17-27-25-11-9-10-12-30(25)45-36(27)28/h8-14,22,24,28-29,32-33,39-40,45-46,49H,7,15-21H2,1-6H3/b23-8-/t22-,24+,28-,29+,32-,33-,39-,40+,43+,44-/m0/s1. The highest BCUT2D eigenvalue weighted by atomic mass is 16.5. The van der Waals surface area contributed by atoms with E-state index in [1.54, 1.807) is 7.11 Å². The van der Waals surface area contributed by atoms with E-state index in [4.69, 9.17) is 18.9 Å². The van der Waals surface area contributed by atoms with Crippen LogP contribution in [0.2, 0.25) is 0 Å². The van der Waals surface area contributed by atoms with Crippen LogP contribution in [0, 0.1) is 23.2 Å². The van der Waals surface area contributed by atoms with Crippen LogP contribution in [-0.4, -0.2) is 103 Å². The molecule has 5 aliphatic heterocycles. The highest BCUT2D eigenvalue weighted by Crippen LogP contribution is 2.63. The zero-order chi connectivity index (χ0) is 38.1. The first kappa shape index (κ1) is 35.3. The minimum atomic E-state index is -1.21. The number of aromatic nitrogens is 2. The molecule has 5 fully saturated rings. The number of esters is 2. The number of hydrogen-bond donors (Lipinski definition) is 3. The Morgan fingerprint density at radius 2 is 1.84 bits per heavy atom. The molecule has 11 rings (SSSR count). The lowest BCUT2D eigenvalue weighted by molar-refractivity contribution is -0.189. The smallest absolute Gasteiger partial charge is 0.319 e. The molecule has 290 valence electrons. The predicted molar refractivity (Wildman–Crippen MR) is 207 cm³/mol. The molecule has 0 amide bonds. The van der Waals surface area contributed by atoms with Gasteiger partial charge in [0.15, 0.2) is 0 Å². The van der Waals surface area contributed by atoms with Crippen molar-refractivity contribution in [2.75, 3.05) is 48.1 Å². The largest absolute Gasteiger partial charge is 0.496 e. The van der Waals surface area contributed by atoms with Crippen molar-refractivity contribution in [1.29, 1.82) is 0 Å². The van der Waals surface area contributed by atoms with Gasteiger partial charge in [0.2, 0.25) is 0 Å². The zero-order valence-corrected chi connectivity index (χ0v) is 32.6. The summed E-state index contributed by atoms with van der Waals surface area (Å²) in [6, 6.07) is 12.2. The molecule has 2 aromatic carbocycles. The molecule has 7 aliphatic rings. The first-order valence-electron chi connectivity index (χ1n) is 20.1. The predicted octanol–water partition coefficient (Wildman–Crippen LogP) is 5.71. The van der Waals surface area contributed by atoms with Crippen LogP contribution in [0.5, 0.6) is 5.75 Å². The molecule has 1 saturated carbocycles. The molecule has 0 radical (unpaired) electrons.